The number of carbonyl (C=O) groups is 1. The van der Waals surface area contributed by atoms with Gasteiger partial charge in [-0.25, -0.2) is 9.59 Å². The molecular weight excluding hydrogens is 318 g/mol. The number of nitrogens with one attached hydrogen (secondary N) is 1. The highest BCUT2D eigenvalue weighted by Gasteiger charge is 2.27. The van der Waals surface area contributed by atoms with Crippen LogP contribution in [0.15, 0.2) is 29.1 Å². The molecule has 0 radical (unpaired) electrons. The number of carbonyl (C=O) groups excluding carboxylic acids is 1. The minimum Gasteiger partial charge on any atom is -0.335 e. The van der Waals surface area contributed by atoms with Gasteiger partial charge in [0.2, 0.25) is 0 Å². The van der Waals surface area contributed by atoms with Crippen LogP contribution in [0.5, 0.6) is 0 Å². The van der Waals surface area contributed by atoms with E-state index in [9.17, 15) is 9.59 Å². The second-order valence-electron chi connectivity index (χ2n) is 6.95. The summed E-state index contributed by atoms with van der Waals surface area (Å²) in [6.45, 7) is 3.39. The van der Waals surface area contributed by atoms with Crippen molar-refractivity contribution < 1.29 is 4.79 Å². The summed E-state index contributed by atoms with van der Waals surface area (Å²) in [6.07, 6.45) is 4.50. The van der Waals surface area contributed by atoms with Gasteiger partial charge in [0.1, 0.15) is 0 Å². The Morgan fingerprint density at radius 3 is 2.60 bits per heavy atom. The number of rotatable bonds is 2. The number of aromatic nitrogens is 3. The van der Waals surface area contributed by atoms with Crippen molar-refractivity contribution in [3.05, 3.63) is 46.1 Å². The summed E-state index contributed by atoms with van der Waals surface area (Å²) in [7, 11) is 0. The van der Waals surface area contributed by atoms with E-state index in [0.717, 1.165) is 24.1 Å². The van der Waals surface area contributed by atoms with Crippen LogP contribution >= 0.6 is 0 Å². The maximum atomic E-state index is 12.6. The fourth-order valence-electron chi connectivity index (χ4n) is 3.61. The molecule has 0 bridgehead atoms. The largest absolute Gasteiger partial charge is 0.350 e. The molecule has 4 rings (SSSR count). The highest BCUT2D eigenvalue weighted by molar-refractivity contribution is 5.74. The number of hydrogen-bond donors (Lipinski definition) is 1. The molecule has 1 saturated carbocycles. The van der Waals surface area contributed by atoms with E-state index >= 15 is 0 Å². The van der Waals surface area contributed by atoms with Crippen LogP contribution in [0.4, 0.5) is 4.79 Å². The monoisotopic (exact) mass is 341 g/mol. The number of benzene rings is 1. The molecule has 0 spiro atoms. The topological polar surface area (TPSA) is 72.2 Å². The lowest BCUT2D eigenvalue weighted by molar-refractivity contribution is 0.178. The molecule has 2 heterocycles. The standard InChI is InChI=1S/C18H23N5O2/c1-13-6-8-15(9-7-13)23-18(25)22-11-10-21(12-16(22)20-23)17(24)19-14-4-2-3-5-14/h6-9,14H,2-5,10-12H2,1H3,(H,19,24). The molecule has 132 valence electrons. The van der Waals surface area contributed by atoms with Crippen molar-refractivity contribution in [1.82, 2.24) is 24.6 Å². The summed E-state index contributed by atoms with van der Waals surface area (Å²) >= 11 is 0. The highest BCUT2D eigenvalue weighted by Crippen LogP contribution is 2.18. The fraction of sp³-hybridized carbons (Fsp3) is 0.500. The maximum Gasteiger partial charge on any atom is 0.350 e. The van der Waals surface area contributed by atoms with Crippen molar-refractivity contribution in [3.63, 3.8) is 0 Å². The molecule has 1 fully saturated rings. The Balaban J connectivity index is 1.53. The quantitative estimate of drug-likeness (QED) is 0.905. The molecule has 1 N–H and O–H groups in total. The number of aryl methyl sites for hydroxylation is 1. The number of hydrogen-bond acceptors (Lipinski definition) is 3. The van der Waals surface area contributed by atoms with Gasteiger partial charge in [-0.15, -0.1) is 5.10 Å². The Morgan fingerprint density at radius 1 is 1.16 bits per heavy atom. The van der Waals surface area contributed by atoms with E-state index < -0.39 is 0 Å². The number of fused-ring (bicyclic) bond motifs is 1. The molecule has 0 saturated heterocycles. The summed E-state index contributed by atoms with van der Waals surface area (Å²) in [5, 5.41) is 7.56. The molecule has 7 heteroatoms. The van der Waals surface area contributed by atoms with Gasteiger partial charge in [0.25, 0.3) is 0 Å². The second-order valence-corrected chi connectivity index (χ2v) is 6.95. The Hall–Kier alpha value is -2.57. The van der Waals surface area contributed by atoms with Gasteiger partial charge in [0.05, 0.1) is 12.2 Å². The molecule has 1 aromatic heterocycles. The third-order valence-electron chi connectivity index (χ3n) is 5.11. The van der Waals surface area contributed by atoms with Gasteiger partial charge in [0.15, 0.2) is 5.82 Å². The van der Waals surface area contributed by atoms with Crippen molar-refractivity contribution in [3.8, 4) is 5.69 Å². The van der Waals surface area contributed by atoms with E-state index in [-0.39, 0.29) is 11.7 Å². The SMILES string of the molecule is Cc1ccc(-n2nc3n(c2=O)CCN(C(=O)NC2CCCC2)C3)cc1. The lowest BCUT2D eigenvalue weighted by Gasteiger charge is -2.28. The Bertz CT molecular complexity index is 830. The van der Waals surface area contributed by atoms with Crippen LogP contribution in [0.2, 0.25) is 0 Å². The van der Waals surface area contributed by atoms with Gasteiger partial charge in [-0.3, -0.25) is 4.57 Å². The minimum atomic E-state index is -0.144. The highest BCUT2D eigenvalue weighted by atomic mass is 16.2. The van der Waals surface area contributed by atoms with Gasteiger partial charge in [-0.05, 0) is 31.9 Å². The Labute approximate surface area is 146 Å². The first-order chi connectivity index (χ1) is 12.1. The molecular formula is C18H23N5O2. The minimum absolute atomic E-state index is 0.0458. The number of urea groups is 1. The molecule has 25 heavy (non-hydrogen) atoms. The number of amides is 2. The maximum absolute atomic E-state index is 12.6. The van der Waals surface area contributed by atoms with E-state index in [4.69, 9.17) is 0 Å². The van der Waals surface area contributed by atoms with E-state index in [1.54, 1.807) is 9.47 Å². The van der Waals surface area contributed by atoms with Crippen LogP contribution in [0.25, 0.3) is 5.69 Å². The predicted molar refractivity (Wildman–Crippen MR) is 93.8 cm³/mol. The second kappa shape index (κ2) is 6.38. The van der Waals surface area contributed by atoms with Crippen molar-refractivity contribution in [2.45, 2.75) is 51.7 Å². The molecule has 1 aliphatic carbocycles. The normalized spacial score (nSPS) is 17.6. The summed E-state index contributed by atoms with van der Waals surface area (Å²) < 4.78 is 3.09. The van der Waals surface area contributed by atoms with Crippen LogP contribution in [-0.4, -0.2) is 37.9 Å². The van der Waals surface area contributed by atoms with E-state index in [2.05, 4.69) is 10.4 Å². The summed E-state index contributed by atoms with van der Waals surface area (Å²) in [5.74, 6) is 0.637. The van der Waals surface area contributed by atoms with Gasteiger partial charge in [0, 0.05) is 19.1 Å². The summed E-state index contributed by atoms with van der Waals surface area (Å²) in [4.78, 5) is 26.8. The Morgan fingerprint density at radius 2 is 1.88 bits per heavy atom. The molecule has 1 aliphatic heterocycles. The van der Waals surface area contributed by atoms with Crippen LogP contribution in [0.3, 0.4) is 0 Å². The number of nitrogens with zero attached hydrogens (tertiary/aromatic N) is 4. The molecule has 0 atom stereocenters. The molecule has 7 nitrogen and oxygen atoms in total. The first-order valence-corrected chi connectivity index (χ1v) is 8.93. The average Bonchev–Trinajstić information content (AvgIpc) is 3.23. The van der Waals surface area contributed by atoms with Gasteiger partial charge >= 0.3 is 11.7 Å². The smallest absolute Gasteiger partial charge is 0.335 e. The summed E-state index contributed by atoms with van der Waals surface area (Å²) in [6, 6.07) is 7.95. The van der Waals surface area contributed by atoms with Crippen molar-refractivity contribution in [1.29, 1.82) is 0 Å². The van der Waals surface area contributed by atoms with E-state index in [1.165, 1.54) is 17.5 Å². The zero-order valence-corrected chi connectivity index (χ0v) is 14.4. The zero-order chi connectivity index (χ0) is 17.4. The molecule has 2 aromatic rings. The van der Waals surface area contributed by atoms with E-state index in [1.807, 2.05) is 31.2 Å². The first kappa shape index (κ1) is 15.9. The third-order valence-corrected chi connectivity index (χ3v) is 5.11. The van der Waals surface area contributed by atoms with Crippen LogP contribution in [0.1, 0.15) is 37.1 Å². The lowest BCUT2D eigenvalue weighted by Crippen LogP contribution is -2.48. The van der Waals surface area contributed by atoms with Crippen molar-refractivity contribution in [2.24, 2.45) is 0 Å². The van der Waals surface area contributed by atoms with Crippen LogP contribution in [-0.2, 0) is 13.1 Å². The molecule has 0 unspecified atom stereocenters. The van der Waals surface area contributed by atoms with Crippen molar-refractivity contribution >= 4 is 6.03 Å². The van der Waals surface area contributed by atoms with Crippen LogP contribution < -0.4 is 11.0 Å². The van der Waals surface area contributed by atoms with Gasteiger partial charge < -0.3 is 10.2 Å². The molecule has 1 aromatic carbocycles. The average molecular weight is 341 g/mol. The van der Waals surface area contributed by atoms with Gasteiger partial charge in [-0.2, -0.15) is 4.68 Å². The molecule has 2 amide bonds. The fourth-order valence-corrected chi connectivity index (χ4v) is 3.61. The van der Waals surface area contributed by atoms with Gasteiger partial charge in [-0.1, -0.05) is 30.5 Å². The lowest BCUT2D eigenvalue weighted by atomic mass is 10.2. The third kappa shape index (κ3) is 3.06. The first-order valence-electron chi connectivity index (χ1n) is 8.93. The van der Waals surface area contributed by atoms with Crippen LogP contribution in [0, 0.1) is 6.92 Å². The Kier molecular flexibility index (Phi) is 4.07. The van der Waals surface area contributed by atoms with Crippen molar-refractivity contribution in [2.75, 3.05) is 6.54 Å². The zero-order valence-electron chi connectivity index (χ0n) is 14.4. The molecule has 2 aliphatic rings. The predicted octanol–water partition coefficient (Wildman–Crippen LogP) is 1.81. The van der Waals surface area contributed by atoms with E-state index in [0.29, 0.717) is 31.5 Å². The summed E-state index contributed by atoms with van der Waals surface area (Å²) in [5.41, 5.74) is 1.74.